The molecule has 0 aliphatic rings. The fourth-order valence-corrected chi connectivity index (χ4v) is 2.98. The van der Waals surface area contributed by atoms with E-state index in [0.29, 0.717) is 11.7 Å². The van der Waals surface area contributed by atoms with Crippen LogP contribution >= 0.6 is 0 Å². The van der Waals surface area contributed by atoms with E-state index in [1.165, 1.54) is 0 Å². The van der Waals surface area contributed by atoms with Crippen molar-refractivity contribution >= 4 is 27.8 Å². The molecule has 116 valence electrons. The SMILES string of the molecule is CC(C)Cn1cnc2c(N)nc3cc(O)cc(C(C)C)c3c21. The number of anilines is 1. The van der Waals surface area contributed by atoms with Gasteiger partial charge < -0.3 is 15.4 Å². The van der Waals surface area contributed by atoms with Crippen LogP contribution in [0, 0.1) is 5.92 Å². The molecular formula is C17H22N4O. The first kappa shape index (κ1) is 14.6. The van der Waals surface area contributed by atoms with Crippen molar-refractivity contribution in [1.29, 1.82) is 0 Å². The van der Waals surface area contributed by atoms with Gasteiger partial charge in [0.05, 0.1) is 17.4 Å². The predicted molar refractivity (Wildman–Crippen MR) is 90.0 cm³/mol. The third kappa shape index (κ3) is 2.26. The smallest absolute Gasteiger partial charge is 0.152 e. The summed E-state index contributed by atoms with van der Waals surface area (Å²) in [5, 5.41) is 11.0. The van der Waals surface area contributed by atoms with Crippen molar-refractivity contribution in [2.24, 2.45) is 5.92 Å². The van der Waals surface area contributed by atoms with E-state index in [9.17, 15) is 5.11 Å². The van der Waals surface area contributed by atoms with Crippen molar-refractivity contribution in [3.05, 3.63) is 24.0 Å². The minimum atomic E-state index is 0.220. The monoisotopic (exact) mass is 298 g/mol. The second kappa shape index (κ2) is 5.16. The molecule has 0 amide bonds. The van der Waals surface area contributed by atoms with Gasteiger partial charge in [0.15, 0.2) is 5.82 Å². The van der Waals surface area contributed by atoms with Crippen molar-refractivity contribution < 1.29 is 5.11 Å². The molecule has 0 spiro atoms. The highest BCUT2D eigenvalue weighted by molar-refractivity contribution is 6.08. The van der Waals surface area contributed by atoms with Gasteiger partial charge in [0.2, 0.25) is 0 Å². The van der Waals surface area contributed by atoms with Crippen LogP contribution in [0.4, 0.5) is 5.82 Å². The average molecular weight is 298 g/mol. The van der Waals surface area contributed by atoms with Crippen LogP contribution in [0.15, 0.2) is 18.5 Å². The molecule has 5 heteroatoms. The molecule has 0 saturated heterocycles. The van der Waals surface area contributed by atoms with E-state index in [1.54, 1.807) is 6.07 Å². The normalized spacial score (nSPS) is 12.1. The standard InChI is InChI=1S/C17H22N4O/c1-9(2)7-21-8-19-15-16(21)14-12(10(3)4)5-11(22)6-13(14)20-17(15)18/h5-6,8-10,22H,7H2,1-4H3,(H2,18,20). The van der Waals surface area contributed by atoms with Crippen LogP contribution in [-0.2, 0) is 6.54 Å². The third-order valence-electron chi connectivity index (χ3n) is 3.87. The zero-order chi connectivity index (χ0) is 16.0. The summed E-state index contributed by atoms with van der Waals surface area (Å²) in [4.78, 5) is 8.90. The second-order valence-corrected chi connectivity index (χ2v) is 6.57. The molecule has 0 radical (unpaired) electrons. The highest BCUT2D eigenvalue weighted by Crippen LogP contribution is 2.35. The molecule has 0 fully saturated rings. The number of hydrogen-bond acceptors (Lipinski definition) is 4. The molecule has 3 rings (SSSR count). The molecule has 3 N–H and O–H groups in total. The summed E-state index contributed by atoms with van der Waals surface area (Å²) in [5.41, 5.74) is 9.61. The molecule has 1 aromatic carbocycles. The van der Waals surface area contributed by atoms with Crippen molar-refractivity contribution in [2.45, 2.75) is 40.2 Å². The zero-order valence-electron chi connectivity index (χ0n) is 13.5. The fourth-order valence-electron chi connectivity index (χ4n) is 2.98. The number of pyridine rings is 1. The number of fused-ring (bicyclic) bond motifs is 3. The maximum absolute atomic E-state index is 9.99. The van der Waals surface area contributed by atoms with E-state index in [-0.39, 0.29) is 11.7 Å². The lowest BCUT2D eigenvalue weighted by molar-refractivity contribution is 0.475. The number of nitrogens with two attached hydrogens (primary N) is 1. The summed E-state index contributed by atoms with van der Waals surface area (Å²) in [6, 6.07) is 3.49. The van der Waals surface area contributed by atoms with Crippen LogP contribution in [0.2, 0.25) is 0 Å². The number of rotatable bonds is 3. The molecular weight excluding hydrogens is 276 g/mol. The Balaban J connectivity index is 2.48. The molecule has 0 bridgehead atoms. The van der Waals surface area contributed by atoms with Crippen molar-refractivity contribution in [2.75, 3.05) is 5.73 Å². The maximum Gasteiger partial charge on any atom is 0.152 e. The number of aromatic hydroxyl groups is 1. The highest BCUT2D eigenvalue weighted by atomic mass is 16.3. The highest BCUT2D eigenvalue weighted by Gasteiger charge is 2.18. The zero-order valence-corrected chi connectivity index (χ0v) is 13.5. The average Bonchev–Trinajstić information content (AvgIpc) is 2.81. The number of phenolic OH excluding ortho intramolecular Hbond substituents is 1. The Kier molecular flexibility index (Phi) is 3.43. The molecule has 0 aliphatic heterocycles. The Bertz CT molecular complexity index is 849. The Morgan fingerprint density at radius 3 is 2.59 bits per heavy atom. The number of nitrogens with zero attached hydrogens (tertiary/aromatic N) is 3. The topological polar surface area (TPSA) is 77.0 Å². The number of imidazole rings is 1. The van der Waals surface area contributed by atoms with Gasteiger partial charge in [0, 0.05) is 18.0 Å². The summed E-state index contributed by atoms with van der Waals surface area (Å²) in [6.45, 7) is 9.44. The predicted octanol–water partition coefficient (Wildman–Crippen LogP) is 3.65. The summed E-state index contributed by atoms with van der Waals surface area (Å²) in [7, 11) is 0. The molecule has 0 unspecified atom stereocenters. The summed E-state index contributed by atoms with van der Waals surface area (Å²) >= 11 is 0. The van der Waals surface area contributed by atoms with Gasteiger partial charge in [-0.1, -0.05) is 27.7 Å². The van der Waals surface area contributed by atoms with Crippen LogP contribution in [0.3, 0.4) is 0 Å². The van der Waals surface area contributed by atoms with Crippen LogP contribution in [0.5, 0.6) is 5.75 Å². The van der Waals surface area contributed by atoms with Crippen molar-refractivity contribution in [3.8, 4) is 5.75 Å². The van der Waals surface area contributed by atoms with Crippen LogP contribution in [0.25, 0.3) is 21.9 Å². The number of nitrogen functional groups attached to an aromatic ring is 1. The lowest BCUT2D eigenvalue weighted by Gasteiger charge is -2.15. The number of aromatic nitrogens is 3. The number of benzene rings is 1. The van der Waals surface area contributed by atoms with E-state index in [2.05, 4.69) is 42.2 Å². The number of hydrogen-bond donors (Lipinski definition) is 2. The first-order valence-corrected chi connectivity index (χ1v) is 7.65. The molecule has 2 heterocycles. The molecule has 0 atom stereocenters. The lowest BCUT2D eigenvalue weighted by atomic mass is 9.96. The van der Waals surface area contributed by atoms with E-state index in [0.717, 1.165) is 34.0 Å². The first-order chi connectivity index (χ1) is 10.4. The van der Waals surface area contributed by atoms with E-state index < -0.39 is 0 Å². The van der Waals surface area contributed by atoms with Gasteiger partial charge >= 0.3 is 0 Å². The van der Waals surface area contributed by atoms with Gasteiger partial charge in [-0.25, -0.2) is 9.97 Å². The molecule has 0 aliphatic carbocycles. The van der Waals surface area contributed by atoms with Crippen LogP contribution in [-0.4, -0.2) is 19.6 Å². The van der Waals surface area contributed by atoms with Gasteiger partial charge in [0.25, 0.3) is 0 Å². The molecule has 3 aromatic rings. The van der Waals surface area contributed by atoms with Crippen molar-refractivity contribution in [1.82, 2.24) is 14.5 Å². The van der Waals surface area contributed by atoms with Crippen LogP contribution < -0.4 is 5.73 Å². The molecule has 0 saturated carbocycles. The molecule has 22 heavy (non-hydrogen) atoms. The Labute approximate surface area is 129 Å². The minimum Gasteiger partial charge on any atom is -0.508 e. The summed E-state index contributed by atoms with van der Waals surface area (Å²) in [5.74, 6) is 1.40. The third-order valence-corrected chi connectivity index (χ3v) is 3.87. The molecule has 5 nitrogen and oxygen atoms in total. The largest absolute Gasteiger partial charge is 0.508 e. The van der Waals surface area contributed by atoms with E-state index >= 15 is 0 Å². The van der Waals surface area contributed by atoms with Crippen molar-refractivity contribution in [3.63, 3.8) is 0 Å². The Morgan fingerprint density at radius 1 is 1.23 bits per heavy atom. The second-order valence-electron chi connectivity index (χ2n) is 6.57. The summed E-state index contributed by atoms with van der Waals surface area (Å²) in [6.07, 6.45) is 1.83. The van der Waals surface area contributed by atoms with Gasteiger partial charge in [0.1, 0.15) is 11.3 Å². The van der Waals surface area contributed by atoms with E-state index in [1.807, 2.05) is 12.4 Å². The van der Waals surface area contributed by atoms with Gasteiger partial charge in [-0.3, -0.25) is 0 Å². The minimum absolute atomic E-state index is 0.220. The molecule has 2 aromatic heterocycles. The van der Waals surface area contributed by atoms with Gasteiger partial charge in [-0.05, 0) is 23.5 Å². The maximum atomic E-state index is 9.99. The van der Waals surface area contributed by atoms with Crippen LogP contribution in [0.1, 0.15) is 39.2 Å². The fraction of sp³-hybridized carbons (Fsp3) is 0.412. The number of phenols is 1. The Hall–Kier alpha value is -2.30. The summed E-state index contributed by atoms with van der Waals surface area (Å²) < 4.78 is 2.14. The van der Waals surface area contributed by atoms with Gasteiger partial charge in [-0.15, -0.1) is 0 Å². The quantitative estimate of drug-likeness (QED) is 0.773. The lowest BCUT2D eigenvalue weighted by Crippen LogP contribution is -2.05. The Morgan fingerprint density at radius 2 is 1.95 bits per heavy atom. The first-order valence-electron chi connectivity index (χ1n) is 7.65. The van der Waals surface area contributed by atoms with E-state index in [4.69, 9.17) is 5.73 Å². The van der Waals surface area contributed by atoms with Gasteiger partial charge in [-0.2, -0.15) is 0 Å².